The van der Waals surface area contributed by atoms with Gasteiger partial charge in [0.05, 0.1) is 11.2 Å². The van der Waals surface area contributed by atoms with Crippen molar-refractivity contribution in [1.29, 1.82) is 0 Å². The number of para-hydroxylation sites is 1. The first-order valence-corrected chi connectivity index (χ1v) is 11.4. The molecule has 0 bridgehead atoms. The van der Waals surface area contributed by atoms with Gasteiger partial charge in [0.15, 0.2) is 0 Å². The molecule has 2 aromatic heterocycles. The van der Waals surface area contributed by atoms with Crippen molar-refractivity contribution in [2.45, 2.75) is 31.8 Å². The van der Waals surface area contributed by atoms with Gasteiger partial charge in [0, 0.05) is 25.3 Å². The van der Waals surface area contributed by atoms with Crippen molar-refractivity contribution in [1.82, 2.24) is 19.0 Å². The minimum Gasteiger partial charge on any atom is -0.457 e. The SMILES string of the molecule is CC#CC(=O)N(C)[C@H]1C[C@@H](n2c(=O)n(-c3ccc(Oc4ccccc4)cc3)c3c(N)nccc32)C1. The van der Waals surface area contributed by atoms with Crippen molar-refractivity contribution >= 4 is 22.8 Å². The highest BCUT2D eigenvalue weighted by Gasteiger charge is 2.37. The normalized spacial score (nSPS) is 16.7. The average molecular weight is 468 g/mol. The predicted octanol–water partition coefficient (Wildman–Crippen LogP) is 3.75. The molecule has 35 heavy (non-hydrogen) atoms. The second kappa shape index (κ2) is 9.03. The molecule has 8 heteroatoms. The number of anilines is 1. The van der Waals surface area contributed by atoms with E-state index in [9.17, 15) is 9.59 Å². The van der Waals surface area contributed by atoms with E-state index in [4.69, 9.17) is 10.5 Å². The molecule has 1 amide bonds. The molecule has 1 saturated carbocycles. The minimum absolute atomic E-state index is 0.0345. The van der Waals surface area contributed by atoms with Gasteiger partial charge in [-0.25, -0.2) is 9.78 Å². The molecule has 0 saturated heterocycles. The number of aromatic nitrogens is 3. The number of carbonyl (C=O) groups is 1. The Labute approximate surface area is 202 Å². The van der Waals surface area contributed by atoms with E-state index in [-0.39, 0.29) is 29.5 Å². The third-order valence-corrected chi connectivity index (χ3v) is 6.44. The standard InChI is InChI=1S/C27H25N5O3/c1-3-7-24(33)30(2)19-16-20(17-19)31-23-14-15-29-26(28)25(23)32(27(31)34)18-10-12-22(13-11-18)35-21-8-5-4-6-9-21/h4-6,8-15,19-20H,16-17H2,1-2H3,(H2,28,29)/t19-,20+. The number of hydrogen-bond acceptors (Lipinski definition) is 5. The van der Waals surface area contributed by atoms with Crippen molar-refractivity contribution in [3.05, 3.63) is 77.3 Å². The van der Waals surface area contributed by atoms with Crippen LogP contribution in [0.1, 0.15) is 25.8 Å². The molecule has 0 unspecified atom stereocenters. The molecule has 0 atom stereocenters. The largest absolute Gasteiger partial charge is 0.457 e. The first-order valence-electron chi connectivity index (χ1n) is 11.4. The maximum Gasteiger partial charge on any atom is 0.334 e. The molecule has 1 aliphatic carbocycles. The summed E-state index contributed by atoms with van der Waals surface area (Å²) in [7, 11) is 1.75. The molecular formula is C27H25N5O3. The summed E-state index contributed by atoms with van der Waals surface area (Å²) in [6, 6.07) is 18.6. The molecule has 0 spiro atoms. The summed E-state index contributed by atoms with van der Waals surface area (Å²) >= 11 is 0. The van der Waals surface area contributed by atoms with Crippen LogP contribution in [0.4, 0.5) is 5.82 Å². The molecule has 0 aliphatic heterocycles. The number of amides is 1. The number of ether oxygens (including phenoxy) is 1. The first-order chi connectivity index (χ1) is 17.0. The Hall–Kier alpha value is -4.51. The molecule has 2 aromatic carbocycles. The van der Waals surface area contributed by atoms with E-state index in [1.165, 1.54) is 0 Å². The number of carbonyl (C=O) groups excluding carboxylic acids is 1. The number of nitrogens with two attached hydrogens (primary N) is 1. The van der Waals surface area contributed by atoms with E-state index in [0.717, 1.165) is 11.3 Å². The highest BCUT2D eigenvalue weighted by molar-refractivity contribution is 5.93. The van der Waals surface area contributed by atoms with E-state index in [1.54, 1.807) is 40.3 Å². The zero-order valence-electron chi connectivity index (χ0n) is 19.5. The lowest BCUT2D eigenvalue weighted by Crippen LogP contribution is -2.47. The van der Waals surface area contributed by atoms with Crippen LogP contribution in [0, 0.1) is 11.8 Å². The summed E-state index contributed by atoms with van der Waals surface area (Å²) in [5.41, 5.74) is 8.00. The molecule has 4 aromatic rings. The first kappa shape index (κ1) is 22.3. The fourth-order valence-electron chi connectivity index (χ4n) is 4.52. The number of nitrogens with zero attached hydrogens (tertiary/aromatic N) is 4. The fraction of sp³-hybridized carbons (Fsp3) is 0.222. The number of hydrogen-bond donors (Lipinski definition) is 1. The Morgan fingerprint density at radius 3 is 2.46 bits per heavy atom. The summed E-state index contributed by atoms with van der Waals surface area (Å²) in [5, 5.41) is 0. The van der Waals surface area contributed by atoms with E-state index in [2.05, 4.69) is 16.8 Å². The van der Waals surface area contributed by atoms with Crippen molar-refractivity contribution in [2.75, 3.05) is 12.8 Å². The second-order valence-electron chi connectivity index (χ2n) is 8.53. The molecule has 176 valence electrons. The number of rotatable bonds is 5. The number of benzene rings is 2. The molecule has 8 nitrogen and oxygen atoms in total. The van der Waals surface area contributed by atoms with Crippen LogP contribution in [-0.4, -0.2) is 38.0 Å². The Balaban J connectivity index is 1.48. The number of nitrogen functional groups attached to an aromatic ring is 1. The lowest BCUT2D eigenvalue weighted by molar-refractivity contribution is -0.128. The number of imidazole rings is 1. The van der Waals surface area contributed by atoms with Crippen molar-refractivity contribution < 1.29 is 9.53 Å². The lowest BCUT2D eigenvalue weighted by Gasteiger charge is -2.40. The number of pyridine rings is 1. The van der Waals surface area contributed by atoms with Gasteiger partial charge in [0.25, 0.3) is 5.91 Å². The highest BCUT2D eigenvalue weighted by Crippen LogP contribution is 2.37. The monoisotopic (exact) mass is 467 g/mol. The molecule has 1 fully saturated rings. The Kier molecular flexibility index (Phi) is 5.75. The van der Waals surface area contributed by atoms with E-state index in [0.29, 0.717) is 29.8 Å². The van der Waals surface area contributed by atoms with Gasteiger partial charge in [-0.15, -0.1) is 0 Å². The van der Waals surface area contributed by atoms with Crippen LogP contribution in [0.3, 0.4) is 0 Å². The predicted molar refractivity (Wildman–Crippen MR) is 135 cm³/mol. The van der Waals surface area contributed by atoms with Gasteiger partial charge in [0.2, 0.25) is 0 Å². The van der Waals surface area contributed by atoms with Gasteiger partial charge >= 0.3 is 5.69 Å². The molecular weight excluding hydrogens is 442 g/mol. The summed E-state index contributed by atoms with van der Waals surface area (Å²) < 4.78 is 9.24. The van der Waals surface area contributed by atoms with Gasteiger partial charge in [-0.3, -0.25) is 13.9 Å². The van der Waals surface area contributed by atoms with Crippen molar-refractivity contribution in [2.24, 2.45) is 0 Å². The molecule has 2 N–H and O–H groups in total. The van der Waals surface area contributed by atoms with E-state index in [1.807, 2.05) is 54.6 Å². The van der Waals surface area contributed by atoms with Crippen LogP contribution in [0.5, 0.6) is 11.5 Å². The van der Waals surface area contributed by atoms with Gasteiger partial charge in [-0.2, -0.15) is 0 Å². The lowest BCUT2D eigenvalue weighted by atomic mass is 9.85. The Morgan fingerprint density at radius 1 is 1.09 bits per heavy atom. The van der Waals surface area contributed by atoms with Crippen LogP contribution in [0.15, 0.2) is 71.7 Å². The quantitative estimate of drug-likeness (QED) is 0.451. The third-order valence-electron chi connectivity index (χ3n) is 6.44. The topological polar surface area (TPSA) is 95.4 Å². The van der Waals surface area contributed by atoms with Crippen molar-refractivity contribution in [3.8, 4) is 29.0 Å². The summed E-state index contributed by atoms with van der Waals surface area (Å²) in [5.74, 6) is 6.68. The summed E-state index contributed by atoms with van der Waals surface area (Å²) in [6.07, 6.45) is 2.94. The molecule has 2 heterocycles. The third kappa shape index (κ3) is 4.02. The maximum atomic E-state index is 13.7. The average Bonchev–Trinajstić information content (AvgIpc) is 3.12. The summed E-state index contributed by atoms with van der Waals surface area (Å²) in [6.45, 7) is 1.64. The van der Waals surface area contributed by atoms with Crippen LogP contribution >= 0.6 is 0 Å². The minimum atomic E-state index is -0.211. The second-order valence-corrected chi connectivity index (χ2v) is 8.53. The zero-order chi connectivity index (χ0) is 24.5. The smallest absolute Gasteiger partial charge is 0.334 e. The van der Waals surface area contributed by atoms with Crippen LogP contribution in [0.25, 0.3) is 16.7 Å². The molecule has 1 aliphatic rings. The van der Waals surface area contributed by atoms with E-state index < -0.39 is 0 Å². The van der Waals surface area contributed by atoms with Gasteiger partial charge in [-0.05, 0) is 68.2 Å². The molecule has 0 radical (unpaired) electrons. The zero-order valence-corrected chi connectivity index (χ0v) is 19.5. The van der Waals surface area contributed by atoms with Crippen LogP contribution in [0.2, 0.25) is 0 Å². The van der Waals surface area contributed by atoms with Gasteiger partial charge in [-0.1, -0.05) is 24.1 Å². The summed E-state index contributed by atoms with van der Waals surface area (Å²) in [4.78, 5) is 31.7. The van der Waals surface area contributed by atoms with Crippen LogP contribution < -0.4 is 16.2 Å². The molecule has 5 rings (SSSR count). The van der Waals surface area contributed by atoms with Crippen LogP contribution in [-0.2, 0) is 4.79 Å². The fourth-order valence-corrected chi connectivity index (χ4v) is 4.52. The van der Waals surface area contributed by atoms with Gasteiger partial charge < -0.3 is 15.4 Å². The Morgan fingerprint density at radius 2 is 1.77 bits per heavy atom. The van der Waals surface area contributed by atoms with Crippen molar-refractivity contribution in [3.63, 3.8) is 0 Å². The number of fused-ring (bicyclic) bond motifs is 1. The van der Waals surface area contributed by atoms with E-state index >= 15 is 0 Å². The van der Waals surface area contributed by atoms with Gasteiger partial charge in [0.1, 0.15) is 22.8 Å². The Bertz CT molecular complexity index is 1500. The highest BCUT2D eigenvalue weighted by atomic mass is 16.5. The maximum absolute atomic E-state index is 13.7.